The van der Waals surface area contributed by atoms with Gasteiger partial charge in [-0.25, -0.2) is 0 Å². The van der Waals surface area contributed by atoms with Crippen LogP contribution in [0.5, 0.6) is 0 Å². The Morgan fingerprint density at radius 1 is 0.938 bits per heavy atom. The number of aliphatic carboxylic acids is 1. The Hall–Kier alpha value is -2.89. The third kappa shape index (κ3) is 6.81. The van der Waals surface area contributed by atoms with Crippen LogP contribution < -0.4 is 0 Å². The highest BCUT2D eigenvalue weighted by molar-refractivity contribution is 6.30. The number of benzene rings is 2. The third-order valence-corrected chi connectivity index (χ3v) is 5.77. The lowest BCUT2D eigenvalue weighted by molar-refractivity contribution is -0.149. The number of hydrogen-bond donors (Lipinski definition) is 1. The van der Waals surface area contributed by atoms with E-state index in [1.165, 1.54) is 0 Å². The summed E-state index contributed by atoms with van der Waals surface area (Å²) in [5, 5.41) is 10.5. The molecule has 2 atom stereocenters. The molecule has 1 amide bonds. The van der Waals surface area contributed by atoms with Crippen LogP contribution in [0, 0.1) is 5.92 Å². The molecule has 5 nitrogen and oxygen atoms in total. The fourth-order valence-corrected chi connectivity index (χ4v) is 4.00. The highest BCUT2D eigenvalue weighted by Crippen LogP contribution is 2.36. The van der Waals surface area contributed by atoms with E-state index in [0.29, 0.717) is 18.0 Å². The number of carbonyl (C=O) groups excluding carboxylic acids is 1. The largest absolute Gasteiger partial charge is 0.481 e. The SMILES string of the molecule is Clc1ccccc1.O=C(O)C[C@H]1CC[C@@H](c2ccc(Cl)cc2)N(Cc2ccccn2)C1=O. The minimum atomic E-state index is -0.943. The van der Waals surface area contributed by atoms with Crippen molar-refractivity contribution in [1.82, 2.24) is 9.88 Å². The van der Waals surface area contributed by atoms with Crippen LogP contribution >= 0.6 is 23.2 Å². The summed E-state index contributed by atoms with van der Waals surface area (Å²) in [6, 6.07) is 22.4. The molecule has 166 valence electrons. The van der Waals surface area contributed by atoms with Crippen molar-refractivity contribution in [2.24, 2.45) is 5.92 Å². The maximum atomic E-state index is 12.9. The number of hydrogen-bond acceptors (Lipinski definition) is 3. The van der Waals surface area contributed by atoms with Crippen LogP contribution in [0.3, 0.4) is 0 Å². The second kappa shape index (κ2) is 11.7. The number of piperidine rings is 1. The molecule has 32 heavy (non-hydrogen) atoms. The Morgan fingerprint density at radius 3 is 2.16 bits per heavy atom. The minimum absolute atomic E-state index is 0.100. The predicted molar refractivity (Wildman–Crippen MR) is 125 cm³/mol. The van der Waals surface area contributed by atoms with Crippen LogP contribution in [0.15, 0.2) is 79.0 Å². The van der Waals surface area contributed by atoms with E-state index < -0.39 is 11.9 Å². The maximum Gasteiger partial charge on any atom is 0.304 e. The van der Waals surface area contributed by atoms with Crippen molar-refractivity contribution in [3.63, 3.8) is 0 Å². The topological polar surface area (TPSA) is 70.5 Å². The van der Waals surface area contributed by atoms with Gasteiger partial charge in [0.15, 0.2) is 0 Å². The average Bonchev–Trinajstić information content (AvgIpc) is 2.79. The van der Waals surface area contributed by atoms with Crippen LogP contribution in [-0.2, 0) is 16.1 Å². The van der Waals surface area contributed by atoms with Gasteiger partial charge in [0.2, 0.25) is 5.91 Å². The summed E-state index contributed by atoms with van der Waals surface area (Å²) in [5.41, 5.74) is 1.79. The van der Waals surface area contributed by atoms with Crippen LogP contribution in [0.25, 0.3) is 0 Å². The van der Waals surface area contributed by atoms with Gasteiger partial charge >= 0.3 is 5.97 Å². The highest BCUT2D eigenvalue weighted by Gasteiger charge is 2.37. The molecule has 4 rings (SSSR count). The molecule has 3 aromatic rings. The Bertz CT molecular complexity index is 1010. The highest BCUT2D eigenvalue weighted by atomic mass is 35.5. The van der Waals surface area contributed by atoms with E-state index in [4.69, 9.17) is 28.3 Å². The molecule has 0 bridgehead atoms. The number of likely N-dealkylation sites (tertiary alicyclic amines) is 1. The minimum Gasteiger partial charge on any atom is -0.481 e. The third-order valence-electron chi connectivity index (χ3n) is 5.26. The quantitative estimate of drug-likeness (QED) is 0.493. The molecule has 1 aliphatic heterocycles. The number of pyridine rings is 1. The molecule has 1 fully saturated rings. The van der Waals surface area contributed by atoms with Crippen molar-refractivity contribution >= 4 is 35.1 Å². The lowest BCUT2D eigenvalue weighted by Gasteiger charge is -2.39. The van der Waals surface area contributed by atoms with Crippen LogP contribution in [0.2, 0.25) is 10.0 Å². The molecule has 0 radical (unpaired) electrons. The van der Waals surface area contributed by atoms with E-state index in [1.54, 1.807) is 11.1 Å². The molecule has 0 aliphatic carbocycles. The summed E-state index contributed by atoms with van der Waals surface area (Å²) < 4.78 is 0. The molecular formula is C25H24Cl2N2O3. The number of rotatable bonds is 5. The number of nitrogens with zero attached hydrogens (tertiary/aromatic N) is 2. The summed E-state index contributed by atoms with van der Waals surface area (Å²) in [6.45, 7) is 0.364. The molecular weight excluding hydrogens is 447 g/mol. The molecule has 1 N–H and O–H groups in total. The van der Waals surface area contributed by atoms with Crippen molar-refractivity contribution in [2.75, 3.05) is 0 Å². The molecule has 1 saturated heterocycles. The predicted octanol–water partition coefficient (Wildman–Crippen LogP) is 6.03. The molecule has 2 heterocycles. The first-order chi connectivity index (χ1) is 15.4. The second-order valence-corrected chi connectivity index (χ2v) is 8.40. The van der Waals surface area contributed by atoms with E-state index in [-0.39, 0.29) is 18.4 Å². The van der Waals surface area contributed by atoms with Gasteiger partial charge in [-0.05, 0) is 54.8 Å². The lowest BCUT2D eigenvalue weighted by atomic mass is 9.86. The number of halogens is 2. The summed E-state index contributed by atoms with van der Waals surface area (Å²) in [5.74, 6) is -1.55. The van der Waals surface area contributed by atoms with Gasteiger partial charge in [-0.2, -0.15) is 0 Å². The van der Waals surface area contributed by atoms with Crippen LogP contribution in [0.4, 0.5) is 0 Å². The van der Waals surface area contributed by atoms with Gasteiger partial charge in [0.05, 0.1) is 24.7 Å². The van der Waals surface area contributed by atoms with E-state index in [0.717, 1.165) is 22.7 Å². The summed E-state index contributed by atoms with van der Waals surface area (Å²) in [7, 11) is 0. The van der Waals surface area contributed by atoms with Crippen LogP contribution in [-0.4, -0.2) is 26.9 Å². The normalized spacial score (nSPS) is 17.9. The molecule has 0 saturated carbocycles. The average molecular weight is 471 g/mol. The van der Waals surface area contributed by atoms with E-state index in [1.807, 2.05) is 72.8 Å². The maximum absolute atomic E-state index is 12.9. The molecule has 0 unspecified atom stereocenters. The van der Waals surface area contributed by atoms with Crippen molar-refractivity contribution in [1.29, 1.82) is 0 Å². The molecule has 2 aromatic carbocycles. The number of aromatic nitrogens is 1. The van der Waals surface area contributed by atoms with Gasteiger partial charge in [-0.3, -0.25) is 14.6 Å². The van der Waals surface area contributed by atoms with Crippen molar-refractivity contribution in [2.45, 2.75) is 31.8 Å². The summed E-state index contributed by atoms with van der Waals surface area (Å²) in [4.78, 5) is 30.1. The number of carbonyl (C=O) groups is 2. The van der Waals surface area contributed by atoms with E-state index in [2.05, 4.69) is 4.98 Å². The van der Waals surface area contributed by atoms with Crippen LogP contribution in [0.1, 0.15) is 36.6 Å². The van der Waals surface area contributed by atoms with Gasteiger partial charge in [-0.1, -0.05) is 59.6 Å². The first-order valence-corrected chi connectivity index (χ1v) is 11.1. The van der Waals surface area contributed by atoms with Gasteiger partial charge in [0.25, 0.3) is 0 Å². The fourth-order valence-electron chi connectivity index (χ4n) is 3.73. The zero-order valence-electron chi connectivity index (χ0n) is 17.4. The monoisotopic (exact) mass is 470 g/mol. The Labute approximate surface area is 197 Å². The van der Waals surface area contributed by atoms with E-state index in [9.17, 15) is 9.59 Å². The van der Waals surface area contributed by atoms with E-state index >= 15 is 0 Å². The summed E-state index contributed by atoms with van der Waals surface area (Å²) in [6.07, 6.45) is 2.84. The summed E-state index contributed by atoms with van der Waals surface area (Å²) >= 11 is 11.5. The van der Waals surface area contributed by atoms with Gasteiger partial charge in [0.1, 0.15) is 0 Å². The first kappa shape index (κ1) is 23.8. The number of amides is 1. The number of carboxylic acids is 1. The zero-order valence-corrected chi connectivity index (χ0v) is 18.9. The standard InChI is InChI=1S/C19H19ClN2O3.C6H5Cl/c20-15-7-4-13(5-8-15)17-9-6-14(11-18(23)24)19(25)22(17)12-16-3-1-2-10-21-16;7-6-4-2-1-3-5-6/h1-5,7-8,10,14,17H,6,9,11-12H2,(H,23,24);1-5H/t14-,17+;/m1./s1. The molecule has 1 aliphatic rings. The van der Waals surface area contributed by atoms with Gasteiger partial charge in [0, 0.05) is 22.2 Å². The fraction of sp³-hybridized carbons (Fsp3) is 0.240. The Kier molecular flexibility index (Phi) is 8.65. The zero-order chi connectivity index (χ0) is 22.9. The van der Waals surface area contributed by atoms with Crippen molar-refractivity contribution < 1.29 is 14.7 Å². The smallest absolute Gasteiger partial charge is 0.304 e. The number of carboxylic acid groups (broad SMARTS) is 1. The second-order valence-electron chi connectivity index (χ2n) is 7.52. The van der Waals surface area contributed by atoms with Gasteiger partial charge in [-0.15, -0.1) is 0 Å². The van der Waals surface area contributed by atoms with Crippen molar-refractivity contribution in [3.8, 4) is 0 Å². The molecule has 1 aromatic heterocycles. The van der Waals surface area contributed by atoms with Crippen molar-refractivity contribution in [3.05, 3.63) is 100 Å². The Balaban J connectivity index is 0.000000352. The van der Waals surface area contributed by atoms with Gasteiger partial charge < -0.3 is 10.0 Å². The lowest BCUT2D eigenvalue weighted by Crippen LogP contribution is -2.43. The first-order valence-electron chi connectivity index (χ1n) is 10.3. The molecule has 0 spiro atoms. The Morgan fingerprint density at radius 2 is 1.59 bits per heavy atom. The molecule has 7 heteroatoms.